The number of amides is 1. The van der Waals surface area contributed by atoms with Crippen LogP contribution in [-0.2, 0) is 4.74 Å². The largest absolute Gasteiger partial charge is 0.444 e. The zero-order chi connectivity index (χ0) is 16.5. The molecule has 5 nitrogen and oxygen atoms in total. The summed E-state index contributed by atoms with van der Waals surface area (Å²) in [6.45, 7) is 14.1. The average molecular weight is 311 g/mol. The van der Waals surface area contributed by atoms with Gasteiger partial charge in [-0.2, -0.15) is 0 Å². The van der Waals surface area contributed by atoms with Gasteiger partial charge in [-0.05, 0) is 46.1 Å². The number of piperazine rings is 1. The fraction of sp³-hybridized carbons (Fsp3) is 0.941. The lowest BCUT2D eigenvalue weighted by Crippen LogP contribution is -2.63. The third kappa shape index (κ3) is 4.35. The highest BCUT2D eigenvalue weighted by molar-refractivity contribution is 5.69. The van der Waals surface area contributed by atoms with Gasteiger partial charge in [0.2, 0.25) is 0 Å². The topological polar surface area (TPSA) is 44.8 Å². The van der Waals surface area contributed by atoms with Crippen LogP contribution in [0.3, 0.4) is 0 Å². The molecule has 128 valence electrons. The first-order valence-electron chi connectivity index (χ1n) is 8.50. The summed E-state index contributed by atoms with van der Waals surface area (Å²) < 4.78 is 5.67. The molecule has 2 aliphatic heterocycles. The molecule has 0 aliphatic carbocycles. The van der Waals surface area contributed by atoms with Gasteiger partial charge in [0.15, 0.2) is 0 Å². The van der Waals surface area contributed by atoms with Crippen molar-refractivity contribution < 1.29 is 9.53 Å². The number of nitrogens with zero attached hydrogens (tertiary/aromatic N) is 2. The van der Waals surface area contributed by atoms with Crippen molar-refractivity contribution in [2.75, 3.05) is 33.2 Å². The van der Waals surface area contributed by atoms with Crippen LogP contribution in [0, 0.1) is 5.41 Å². The van der Waals surface area contributed by atoms with Crippen LogP contribution < -0.4 is 5.32 Å². The van der Waals surface area contributed by atoms with Crippen molar-refractivity contribution in [3.05, 3.63) is 0 Å². The molecule has 1 amide bonds. The average Bonchev–Trinajstić information content (AvgIpc) is 2.37. The lowest BCUT2D eigenvalue weighted by Gasteiger charge is -2.49. The second-order valence-corrected chi connectivity index (χ2v) is 8.63. The van der Waals surface area contributed by atoms with E-state index in [1.54, 1.807) is 0 Å². The van der Waals surface area contributed by atoms with Gasteiger partial charge in [0.05, 0.1) is 6.04 Å². The number of carbonyl (C=O) groups excluding carboxylic acids is 1. The van der Waals surface area contributed by atoms with Gasteiger partial charge >= 0.3 is 6.09 Å². The summed E-state index contributed by atoms with van der Waals surface area (Å²) in [5.41, 5.74) is -0.284. The quantitative estimate of drug-likeness (QED) is 0.807. The van der Waals surface area contributed by atoms with Crippen LogP contribution in [0.4, 0.5) is 4.79 Å². The number of piperidine rings is 1. The maximum absolute atomic E-state index is 12.7. The van der Waals surface area contributed by atoms with E-state index >= 15 is 0 Å². The first kappa shape index (κ1) is 17.5. The van der Waals surface area contributed by atoms with Crippen molar-refractivity contribution in [3.63, 3.8) is 0 Å². The van der Waals surface area contributed by atoms with E-state index in [1.165, 1.54) is 0 Å². The van der Waals surface area contributed by atoms with E-state index in [0.29, 0.717) is 6.04 Å². The van der Waals surface area contributed by atoms with Crippen LogP contribution in [-0.4, -0.2) is 66.8 Å². The number of likely N-dealkylation sites (tertiary alicyclic amines) is 1. The number of ether oxygens (including phenoxy) is 1. The van der Waals surface area contributed by atoms with E-state index < -0.39 is 5.60 Å². The highest BCUT2D eigenvalue weighted by Gasteiger charge is 2.42. The molecule has 0 bridgehead atoms. The number of hydrogen-bond acceptors (Lipinski definition) is 4. The van der Waals surface area contributed by atoms with Crippen molar-refractivity contribution in [1.82, 2.24) is 15.1 Å². The number of rotatable bonds is 1. The Balaban J connectivity index is 2.16. The molecule has 0 aromatic heterocycles. The van der Waals surface area contributed by atoms with Gasteiger partial charge in [-0.3, -0.25) is 4.90 Å². The number of likely N-dealkylation sites (N-methyl/N-ethyl adjacent to an activating group) is 1. The van der Waals surface area contributed by atoms with Gasteiger partial charge < -0.3 is 15.0 Å². The van der Waals surface area contributed by atoms with Crippen molar-refractivity contribution in [3.8, 4) is 0 Å². The number of carbonyl (C=O) groups is 1. The molecule has 0 aromatic carbocycles. The monoisotopic (exact) mass is 311 g/mol. The maximum atomic E-state index is 12.7. The molecule has 2 fully saturated rings. The molecule has 2 unspecified atom stereocenters. The minimum absolute atomic E-state index is 0.161. The van der Waals surface area contributed by atoms with Gasteiger partial charge in [0.1, 0.15) is 5.60 Å². The van der Waals surface area contributed by atoms with E-state index in [-0.39, 0.29) is 17.6 Å². The molecule has 2 heterocycles. The Hall–Kier alpha value is -0.810. The molecule has 1 N–H and O–H groups in total. The zero-order valence-corrected chi connectivity index (χ0v) is 15.1. The highest BCUT2D eigenvalue weighted by atomic mass is 16.6. The predicted octanol–water partition coefficient (Wildman–Crippen LogP) is 2.32. The summed E-state index contributed by atoms with van der Waals surface area (Å²) in [4.78, 5) is 17.1. The molecule has 2 saturated heterocycles. The molecule has 0 aromatic rings. The first-order valence-corrected chi connectivity index (χ1v) is 8.50. The Morgan fingerprint density at radius 2 is 1.95 bits per heavy atom. The van der Waals surface area contributed by atoms with Crippen LogP contribution in [0.1, 0.15) is 47.5 Å². The fourth-order valence-electron chi connectivity index (χ4n) is 3.53. The molecule has 0 radical (unpaired) electrons. The first-order chi connectivity index (χ1) is 10.1. The summed E-state index contributed by atoms with van der Waals surface area (Å²) in [6, 6.07) is 0.609. The Kier molecular flexibility index (Phi) is 5.07. The van der Waals surface area contributed by atoms with Gasteiger partial charge in [0, 0.05) is 32.2 Å². The highest BCUT2D eigenvalue weighted by Crippen LogP contribution is 2.35. The van der Waals surface area contributed by atoms with E-state index in [0.717, 1.165) is 39.0 Å². The third-order valence-electron chi connectivity index (χ3n) is 4.75. The molecule has 2 aliphatic rings. The van der Waals surface area contributed by atoms with Crippen molar-refractivity contribution in [2.45, 2.75) is 65.1 Å². The summed E-state index contributed by atoms with van der Waals surface area (Å²) in [5, 5.41) is 3.47. The second-order valence-electron chi connectivity index (χ2n) is 8.63. The lowest BCUT2D eigenvalue weighted by molar-refractivity contribution is -0.0268. The summed E-state index contributed by atoms with van der Waals surface area (Å²) in [5.74, 6) is 0. The minimum Gasteiger partial charge on any atom is -0.444 e. The van der Waals surface area contributed by atoms with Crippen molar-refractivity contribution in [2.24, 2.45) is 5.41 Å². The minimum atomic E-state index is -0.445. The van der Waals surface area contributed by atoms with Gasteiger partial charge in [0.25, 0.3) is 0 Å². The Morgan fingerprint density at radius 1 is 1.27 bits per heavy atom. The Labute approximate surface area is 135 Å². The van der Waals surface area contributed by atoms with Gasteiger partial charge in [-0.1, -0.05) is 13.8 Å². The van der Waals surface area contributed by atoms with Crippen molar-refractivity contribution >= 4 is 6.09 Å². The lowest BCUT2D eigenvalue weighted by atomic mass is 9.79. The third-order valence-corrected chi connectivity index (χ3v) is 4.75. The fourth-order valence-corrected chi connectivity index (χ4v) is 3.53. The molecule has 5 heteroatoms. The SMILES string of the molecule is CN1CCNCC1C1CCC(C)(C)CN1C(=O)OC(C)(C)C. The Bertz CT molecular complexity index is 403. The maximum Gasteiger partial charge on any atom is 0.410 e. The molecule has 0 spiro atoms. The van der Waals surface area contributed by atoms with Crippen LogP contribution >= 0.6 is 0 Å². The van der Waals surface area contributed by atoms with Gasteiger partial charge in [-0.15, -0.1) is 0 Å². The van der Waals surface area contributed by atoms with Crippen LogP contribution in [0.5, 0.6) is 0 Å². The standard InChI is InChI=1S/C17H33N3O2/c1-16(2,3)22-15(21)20-12-17(4,5)8-7-13(20)14-11-18-9-10-19(14)6/h13-14,18H,7-12H2,1-6H3. The van der Waals surface area contributed by atoms with E-state index in [4.69, 9.17) is 4.74 Å². The van der Waals surface area contributed by atoms with Crippen molar-refractivity contribution in [1.29, 1.82) is 0 Å². The number of hydrogen-bond donors (Lipinski definition) is 1. The molecule has 0 saturated carbocycles. The normalized spacial score (nSPS) is 30.2. The predicted molar refractivity (Wildman–Crippen MR) is 89.0 cm³/mol. The second kappa shape index (κ2) is 6.36. The van der Waals surface area contributed by atoms with E-state index in [9.17, 15) is 4.79 Å². The van der Waals surface area contributed by atoms with E-state index in [2.05, 4.69) is 31.1 Å². The smallest absolute Gasteiger partial charge is 0.410 e. The zero-order valence-electron chi connectivity index (χ0n) is 15.1. The summed E-state index contributed by atoms with van der Waals surface area (Å²) in [6.07, 6.45) is 2.04. The van der Waals surface area contributed by atoms with E-state index in [1.807, 2.05) is 25.7 Å². The molecular weight excluding hydrogens is 278 g/mol. The van der Waals surface area contributed by atoms with Crippen LogP contribution in [0.2, 0.25) is 0 Å². The summed E-state index contributed by atoms with van der Waals surface area (Å²) >= 11 is 0. The van der Waals surface area contributed by atoms with Crippen LogP contribution in [0.15, 0.2) is 0 Å². The molecular formula is C17H33N3O2. The molecule has 2 rings (SSSR count). The summed E-state index contributed by atoms with van der Waals surface area (Å²) in [7, 11) is 2.17. The Morgan fingerprint density at radius 3 is 2.55 bits per heavy atom. The van der Waals surface area contributed by atoms with Crippen LogP contribution in [0.25, 0.3) is 0 Å². The molecule has 2 atom stereocenters. The number of nitrogens with one attached hydrogen (secondary N) is 1. The van der Waals surface area contributed by atoms with Gasteiger partial charge in [-0.25, -0.2) is 4.79 Å². The molecule has 22 heavy (non-hydrogen) atoms.